The Hall–Kier alpha value is -3.15. The molecule has 1 aromatic heterocycles. The normalized spacial score (nSPS) is 25.1. The maximum Gasteiger partial charge on any atom is 0.229 e. The molecule has 2 aromatic carbocycles. The molecule has 0 bridgehead atoms. The number of hydrogen-bond donors (Lipinski definition) is 4. The van der Waals surface area contributed by atoms with Crippen molar-refractivity contribution in [2.75, 3.05) is 20.8 Å². The largest absolute Gasteiger partial charge is 0.493 e. The van der Waals surface area contributed by atoms with Crippen LogP contribution in [0, 0.1) is 0 Å². The van der Waals surface area contributed by atoms with Gasteiger partial charge < -0.3 is 43.8 Å². The van der Waals surface area contributed by atoms with Gasteiger partial charge in [-0.25, -0.2) is 0 Å². The molecule has 0 amide bonds. The minimum atomic E-state index is -1.57. The first-order valence-electron chi connectivity index (χ1n) is 10.1. The fourth-order valence-corrected chi connectivity index (χ4v) is 3.68. The Morgan fingerprint density at radius 1 is 0.939 bits per heavy atom. The molecule has 176 valence electrons. The maximum absolute atomic E-state index is 13.1. The molecule has 0 spiro atoms. The number of aliphatic hydroxyl groups excluding tert-OH is 4. The summed E-state index contributed by atoms with van der Waals surface area (Å²) in [5, 5.41) is 39.5. The van der Waals surface area contributed by atoms with E-state index in [2.05, 4.69) is 0 Å². The molecule has 1 aliphatic heterocycles. The Morgan fingerprint density at radius 2 is 1.70 bits per heavy atom. The summed E-state index contributed by atoms with van der Waals surface area (Å²) in [6, 6.07) is 9.51. The summed E-state index contributed by atoms with van der Waals surface area (Å²) in [6.07, 6.45) is -5.74. The molecule has 5 atom stereocenters. The summed E-state index contributed by atoms with van der Waals surface area (Å²) in [5.74, 6) is 1.19. The summed E-state index contributed by atoms with van der Waals surface area (Å²) >= 11 is 0. The van der Waals surface area contributed by atoms with Crippen LogP contribution in [0.2, 0.25) is 0 Å². The third kappa shape index (κ3) is 4.26. The van der Waals surface area contributed by atoms with Crippen LogP contribution in [0.1, 0.15) is 0 Å². The zero-order chi connectivity index (χ0) is 23.7. The lowest BCUT2D eigenvalue weighted by Gasteiger charge is -2.39. The third-order valence-electron chi connectivity index (χ3n) is 5.54. The zero-order valence-corrected chi connectivity index (χ0v) is 17.9. The Morgan fingerprint density at radius 3 is 2.39 bits per heavy atom. The lowest BCUT2D eigenvalue weighted by atomic mass is 9.99. The van der Waals surface area contributed by atoms with Crippen LogP contribution in [-0.4, -0.2) is 72.0 Å². The van der Waals surface area contributed by atoms with Crippen molar-refractivity contribution in [3.8, 4) is 28.4 Å². The van der Waals surface area contributed by atoms with Gasteiger partial charge in [0.2, 0.25) is 6.29 Å². The van der Waals surface area contributed by atoms with Crippen LogP contribution in [0.25, 0.3) is 22.1 Å². The molecule has 10 nitrogen and oxygen atoms in total. The van der Waals surface area contributed by atoms with Crippen LogP contribution in [0.3, 0.4) is 0 Å². The minimum Gasteiger partial charge on any atom is -0.493 e. The highest BCUT2D eigenvalue weighted by Crippen LogP contribution is 2.32. The SMILES string of the molecule is COc1ccc(-c2coc3cc(O[C@H]4O[C@@H](CO)[C@H](O)[C@H](O)[C@@H]4O)ccc3c2=O)cc1OC. The van der Waals surface area contributed by atoms with Gasteiger partial charge in [0.1, 0.15) is 42.0 Å². The van der Waals surface area contributed by atoms with Gasteiger partial charge in [-0.15, -0.1) is 0 Å². The van der Waals surface area contributed by atoms with E-state index in [0.717, 1.165) is 0 Å². The molecule has 1 aliphatic rings. The molecule has 2 heterocycles. The van der Waals surface area contributed by atoms with Crippen molar-refractivity contribution in [2.45, 2.75) is 30.7 Å². The molecule has 4 N–H and O–H groups in total. The van der Waals surface area contributed by atoms with Gasteiger partial charge in [0.15, 0.2) is 16.9 Å². The monoisotopic (exact) mass is 460 g/mol. The van der Waals surface area contributed by atoms with E-state index in [1.165, 1.54) is 38.7 Å². The van der Waals surface area contributed by atoms with Gasteiger partial charge in [0.05, 0.1) is 31.8 Å². The standard InChI is InChI=1S/C23H24O10/c1-29-15-6-3-11(7-17(15)30-2)14-10-31-16-8-12(4-5-13(16)19(14)25)32-23-22(28)21(27)20(26)18(9-24)33-23/h3-8,10,18,20-24,26-28H,9H2,1-2H3/t18-,20-,21-,22-,23-/m0/s1. The van der Waals surface area contributed by atoms with Crippen molar-refractivity contribution in [1.82, 2.24) is 0 Å². The average molecular weight is 460 g/mol. The van der Waals surface area contributed by atoms with Crippen molar-refractivity contribution >= 4 is 11.0 Å². The van der Waals surface area contributed by atoms with Crippen LogP contribution in [0.5, 0.6) is 17.2 Å². The number of methoxy groups -OCH3 is 2. The van der Waals surface area contributed by atoms with E-state index in [-0.39, 0.29) is 16.8 Å². The number of ether oxygens (including phenoxy) is 4. The van der Waals surface area contributed by atoms with Gasteiger partial charge in [-0.05, 0) is 29.8 Å². The molecule has 4 rings (SSSR count). The highest BCUT2D eigenvalue weighted by Gasteiger charge is 2.44. The van der Waals surface area contributed by atoms with Crippen molar-refractivity contribution in [3.05, 3.63) is 52.9 Å². The zero-order valence-electron chi connectivity index (χ0n) is 17.9. The van der Waals surface area contributed by atoms with E-state index in [9.17, 15) is 25.2 Å². The number of rotatable bonds is 6. The van der Waals surface area contributed by atoms with Crippen LogP contribution in [0.15, 0.2) is 51.9 Å². The summed E-state index contributed by atoms with van der Waals surface area (Å²) < 4.78 is 27.1. The number of hydrogen-bond acceptors (Lipinski definition) is 10. The molecule has 3 aromatic rings. The minimum absolute atomic E-state index is 0.189. The highest BCUT2D eigenvalue weighted by molar-refractivity contribution is 5.83. The predicted molar refractivity (Wildman–Crippen MR) is 115 cm³/mol. The van der Waals surface area contributed by atoms with Gasteiger partial charge in [-0.1, -0.05) is 6.07 Å². The van der Waals surface area contributed by atoms with Crippen molar-refractivity contribution < 1.29 is 43.8 Å². The molecule has 0 radical (unpaired) electrons. The fraction of sp³-hybridized carbons (Fsp3) is 0.348. The van der Waals surface area contributed by atoms with Crippen LogP contribution >= 0.6 is 0 Å². The molecule has 10 heteroatoms. The Labute approximate surface area is 188 Å². The molecule has 0 saturated carbocycles. The number of fused-ring (bicyclic) bond motifs is 1. The van der Waals surface area contributed by atoms with E-state index in [1.807, 2.05) is 0 Å². The molecule has 0 unspecified atom stereocenters. The third-order valence-corrected chi connectivity index (χ3v) is 5.54. The van der Waals surface area contributed by atoms with Crippen molar-refractivity contribution in [2.24, 2.45) is 0 Å². The van der Waals surface area contributed by atoms with Crippen molar-refractivity contribution in [1.29, 1.82) is 0 Å². The smallest absolute Gasteiger partial charge is 0.229 e. The van der Waals surface area contributed by atoms with Gasteiger partial charge in [-0.2, -0.15) is 0 Å². The van der Waals surface area contributed by atoms with Crippen LogP contribution in [-0.2, 0) is 4.74 Å². The lowest BCUT2D eigenvalue weighted by molar-refractivity contribution is -0.277. The Balaban J connectivity index is 1.63. The molecule has 0 aliphatic carbocycles. The number of aliphatic hydroxyl groups is 4. The van der Waals surface area contributed by atoms with Gasteiger partial charge >= 0.3 is 0 Å². The summed E-state index contributed by atoms with van der Waals surface area (Å²) in [6.45, 7) is -0.573. The summed E-state index contributed by atoms with van der Waals surface area (Å²) in [7, 11) is 3.02. The first-order valence-corrected chi connectivity index (χ1v) is 10.1. The topological polar surface area (TPSA) is 148 Å². The molecule has 1 fully saturated rings. The number of benzene rings is 2. The second-order valence-electron chi connectivity index (χ2n) is 7.52. The van der Waals surface area contributed by atoms with Gasteiger partial charge in [0, 0.05) is 6.07 Å². The van der Waals surface area contributed by atoms with Gasteiger partial charge in [-0.3, -0.25) is 4.79 Å². The molecular weight excluding hydrogens is 436 g/mol. The Kier molecular flexibility index (Phi) is 6.54. The van der Waals surface area contributed by atoms with E-state index >= 15 is 0 Å². The van der Waals surface area contributed by atoms with Crippen molar-refractivity contribution in [3.63, 3.8) is 0 Å². The first-order chi connectivity index (χ1) is 15.9. The predicted octanol–water partition coefficient (Wildman–Crippen LogP) is 0.656. The van der Waals surface area contributed by atoms with E-state index in [4.69, 9.17) is 23.4 Å². The average Bonchev–Trinajstić information content (AvgIpc) is 2.84. The second kappa shape index (κ2) is 9.38. The second-order valence-corrected chi connectivity index (χ2v) is 7.52. The fourth-order valence-electron chi connectivity index (χ4n) is 3.68. The quantitative estimate of drug-likeness (QED) is 0.413. The van der Waals surface area contributed by atoms with Crippen LogP contribution in [0.4, 0.5) is 0 Å². The van der Waals surface area contributed by atoms with E-state index in [0.29, 0.717) is 28.0 Å². The van der Waals surface area contributed by atoms with Gasteiger partial charge in [0.25, 0.3) is 0 Å². The van der Waals surface area contributed by atoms with E-state index in [1.54, 1.807) is 18.2 Å². The lowest BCUT2D eigenvalue weighted by Crippen LogP contribution is -2.60. The Bertz CT molecular complexity index is 1190. The molecule has 33 heavy (non-hydrogen) atoms. The first kappa shape index (κ1) is 23.0. The van der Waals surface area contributed by atoms with Crippen LogP contribution < -0.4 is 19.6 Å². The highest BCUT2D eigenvalue weighted by atomic mass is 16.7. The molecule has 1 saturated heterocycles. The molecular formula is C23H24O10. The van der Waals surface area contributed by atoms with E-state index < -0.39 is 37.3 Å². The summed E-state index contributed by atoms with van der Waals surface area (Å²) in [4.78, 5) is 13.1. The maximum atomic E-state index is 13.1. The summed E-state index contributed by atoms with van der Waals surface area (Å²) in [5.41, 5.74) is 0.866.